The van der Waals surface area contributed by atoms with E-state index in [1.165, 1.54) is 7.11 Å². The van der Waals surface area contributed by atoms with Gasteiger partial charge in [0.1, 0.15) is 0 Å². The summed E-state index contributed by atoms with van der Waals surface area (Å²) in [5.41, 5.74) is 0.609. The maximum absolute atomic E-state index is 11.5. The minimum Gasteiger partial charge on any atom is -0.481 e. The Kier molecular flexibility index (Phi) is 3.46. The van der Waals surface area contributed by atoms with E-state index < -0.39 is 11.4 Å². The zero-order valence-electron chi connectivity index (χ0n) is 11.0. The molecule has 5 heteroatoms. The average molecular weight is 263 g/mol. The predicted octanol–water partition coefficient (Wildman–Crippen LogP) is 1.77. The first kappa shape index (κ1) is 13.4. The van der Waals surface area contributed by atoms with Crippen molar-refractivity contribution in [1.82, 2.24) is 0 Å². The highest BCUT2D eigenvalue weighted by molar-refractivity contribution is 5.90. The maximum Gasteiger partial charge on any atom is 0.337 e. The summed E-state index contributed by atoms with van der Waals surface area (Å²) in [6, 6.07) is 7.07. The standard InChI is InChI=1S/C14H17NO4/c1-14(13(17)18)6-7-15(9-14)11-5-3-4-10(8-11)12(16)19-2/h3-5,8H,6-7,9H2,1-2H3,(H,17,18). The van der Waals surface area contributed by atoms with Crippen LogP contribution in [0.2, 0.25) is 0 Å². The molecule has 1 aromatic rings. The second-order valence-electron chi connectivity index (χ2n) is 5.08. The van der Waals surface area contributed by atoms with Gasteiger partial charge in [-0.25, -0.2) is 4.79 Å². The van der Waals surface area contributed by atoms with Crippen LogP contribution in [0.1, 0.15) is 23.7 Å². The van der Waals surface area contributed by atoms with Crippen LogP contribution >= 0.6 is 0 Å². The summed E-state index contributed by atoms with van der Waals surface area (Å²) in [5.74, 6) is -1.17. The molecule has 1 unspecified atom stereocenters. The Morgan fingerprint density at radius 3 is 2.74 bits per heavy atom. The molecule has 1 heterocycles. The molecule has 1 N–H and O–H groups in total. The lowest BCUT2D eigenvalue weighted by Crippen LogP contribution is -2.31. The van der Waals surface area contributed by atoms with Crippen molar-refractivity contribution < 1.29 is 19.4 Å². The summed E-state index contributed by atoms with van der Waals surface area (Å²) in [5, 5.41) is 9.22. The second kappa shape index (κ2) is 4.91. The van der Waals surface area contributed by atoms with Gasteiger partial charge >= 0.3 is 11.9 Å². The van der Waals surface area contributed by atoms with Gasteiger partial charge in [-0.2, -0.15) is 0 Å². The number of anilines is 1. The van der Waals surface area contributed by atoms with Gasteiger partial charge in [-0.05, 0) is 31.5 Å². The van der Waals surface area contributed by atoms with E-state index in [9.17, 15) is 14.7 Å². The molecule has 0 amide bonds. The molecule has 0 bridgehead atoms. The van der Waals surface area contributed by atoms with Gasteiger partial charge in [-0.15, -0.1) is 0 Å². The van der Waals surface area contributed by atoms with Crippen molar-refractivity contribution in [3.8, 4) is 0 Å². The minimum absolute atomic E-state index is 0.387. The van der Waals surface area contributed by atoms with Crippen molar-refractivity contribution in [2.24, 2.45) is 5.41 Å². The normalized spacial score (nSPS) is 22.3. The number of methoxy groups -OCH3 is 1. The third-order valence-electron chi connectivity index (χ3n) is 3.62. The third kappa shape index (κ3) is 2.54. The number of carbonyl (C=O) groups is 2. The highest BCUT2D eigenvalue weighted by Gasteiger charge is 2.40. The van der Waals surface area contributed by atoms with E-state index in [1.807, 2.05) is 11.0 Å². The fourth-order valence-electron chi connectivity index (χ4n) is 2.30. The number of benzene rings is 1. The van der Waals surface area contributed by atoms with Gasteiger partial charge in [-0.3, -0.25) is 4.79 Å². The minimum atomic E-state index is -0.779. The van der Waals surface area contributed by atoms with Crippen LogP contribution in [0.25, 0.3) is 0 Å². The number of hydrogen-bond donors (Lipinski definition) is 1. The number of hydrogen-bond acceptors (Lipinski definition) is 4. The Morgan fingerprint density at radius 1 is 1.42 bits per heavy atom. The van der Waals surface area contributed by atoms with Crippen LogP contribution in [-0.4, -0.2) is 37.2 Å². The number of rotatable bonds is 3. The molecule has 1 atom stereocenters. The smallest absolute Gasteiger partial charge is 0.337 e. The molecule has 1 fully saturated rings. The third-order valence-corrected chi connectivity index (χ3v) is 3.62. The first-order chi connectivity index (χ1) is 8.96. The Morgan fingerprint density at radius 2 is 2.16 bits per heavy atom. The first-order valence-electron chi connectivity index (χ1n) is 6.13. The molecule has 0 saturated carbocycles. The van der Waals surface area contributed by atoms with Crippen LogP contribution in [0.4, 0.5) is 5.69 Å². The largest absolute Gasteiger partial charge is 0.481 e. The molecule has 102 valence electrons. The Hall–Kier alpha value is -2.04. The van der Waals surface area contributed by atoms with E-state index >= 15 is 0 Å². The van der Waals surface area contributed by atoms with Crippen LogP contribution < -0.4 is 4.90 Å². The second-order valence-corrected chi connectivity index (χ2v) is 5.08. The summed E-state index contributed by atoms with van der Waals surface area (Å²) in [6.45, 7) is 2.87. The van der Waals surface area contributed by atoms with E-state index in [2.05, 4.69) is 4.74 Å². The van der Waals surface area contributed by atoms with Gasteiger partial charge in [0.25, 0.3) is 0 Å². The molecular formula is C14H17NO4. The van der Waals surface area contributed by atoms with Gasteiger partial charge in [0.15, 0.2) is 0 Å². The number of nitrogens with zero attached hydrogens (tertiary/aromatic N) is 1. The zero-order valence-corrected chi connectivity index (χ0v) is 11.0. The molecule has 5 nitrogen and oxygen atoms in total. The lowest BCUT2D eigenvalue weighted by molar-refractivity contribution is -0.146. The number of carbonyl (C=O) groups excluding carboxylic acids is 1. The number of aliphatic carboxylic acids is 1. The van der Waals surface area contributed by atoms with Gasteiger partial charge < -0.3 is 14.7 Å². The molecule has 0 aliphatic carbocycles. The predicted molar refractivity (Wildman–Crippen MR) is 70.4 cm³/mol. The first-order valence-corrected chi connectivity index (χ1v) is 6.13. The van der Waals surface area contributed by atoms with Crippen molar-refractivity contribution in [3.05, 3.63) is 29.8 Å². The molecule has 1 saturated heterocycles. The van der Waals surface area contributed by atoms with E-state index in [4.69, 9.17) is 0 Å². The van der Waals surface area contributed by atoms with Crippen LogP contribution in [0.3, 0.4) is 0 Å². The van der Waals surface area contributed by atoms with Crippen molar-refractivity contribution in [2.45, 2.75) is 13.3 Å². The highest BCUT2D eigenvalue weighted by Crippen LogP contribution is 2.33. The van der Waals surface area contributed by atoms with Crippen molar-refractivity contribution in [3.63, 3.8) is 0 Å². The Bertz CT molecular complexity index is 514. The highest BCUT2D eigenvalue weighted by atomic mass is 16.5. The summed E-state index contributed by atoms with van der Waals surface area (Å²) >= 11 is 0. The zero-order chi connectivity index (χ0) is 14.0. The average Bonchev–Trinajstić information content (AvgIpc) is 2.82. The molecule has 1 aromatic carbocycles. The molecule has 0 radical (unpaired) electrons. The van der Waals surface area contributed by atoms with Gasteiger partial charge in [0.2, 0.25) is 0 Å². The van der Waals surface area contributed by atoms with Crippen LogP contribution in [0.15, 0.2) is 24.3 Å². The van der Waals surface area contributed by atoms with Gasteiger partial charge in [0.05, 0.1) is 18.1 Å². The lowest BCUT2D eigenvalue weighted by atomic mass is 9.90. The molecule has 1 aliphatic rings. The van der Waals surface area contributed by atoms with Crippen molar-refractivity contribution in [1.29, 1.82) is 0 Å². The van der Waals surface area contributed by atoms with Crippen LogP contribution in [0.5, 0.6) is 0 Å². The number of esters is 1. The van der Waals surface area contributed by atoms with Crippen molar-refractivity contribution in [2.75, 3.05) is 25.1 Å². The van der Waals surface area contributed by atoms with Gasteiger partial charge in [-0.1, -0.05) is 6.07 Å². The number of carboxylic acid groups (broad SMARTS) is 1. The van der Waals surface area contributed by atoms with Crippen molar-refractivity contribution >= 4 is 17.6 Å². The van der Waals surface area contributed by atoms with Crippen LogP contribution in [0, 0.1) is 5.41 Å². The molecule has 0 aromatic heterocycles. The molecule has 0 spiro atoms. The SMILES string of the molecule is COC(=O)c1cccc(N2CCC(C)(C(=O)O)C2)c1. The fraction of sp³-hybridized carbons (Fsp3) is 0.429. The number of ether oxygens (including phenoxy) is 1. The van der Waals surface area contributed by atoms with Gasteiger partial charge in [0, 0.05) is 18.8 Å². The number of carboxylic acids is 1. The Labute approximate surface area is 111 Å². The summed E-state index contributed by atoms with van der Waals surface area (Å²) in [7, 11) is 1.34. The van der Waals surface area contributed by atoms with E-state index in [-0.39, 0.29) is 5.97 Å². The lowest BCUT2D eigenvalue weighted by Gasteiger charge is -2.22. The summed E-state index contributed by atoms with van der Waals surface area (Å²) in [4.78, 5) is 24.7. The van der Waals surface area contributed by atoms with E-state index in [0.29, 0.717) is 25.1 Å². The monoisotopic (exact) mass is 263 g/mol. The molecule has 2 rings (SSSR count). The fourth-order valence-corrected chi connectivity index (χ4v) is 2.30. The molecule has 1 aliphatic heterocycles. The summed E-state index contributed by atoms with van der Waals surface area (Å²) in [6.07, 6.45) is 0.602. The quantitative estimate of drug-likeness (QED) is 0.842. The maximum atomic E-state index is 11.5. The summed E-state index contributed by atoms with van der Waals surface area (Å²) < 4.78 is 4.68. The molecular weight excluding hydrogens is 246 g/mol. The topological polar surface area (TPSA) is 66.8 Å². The Balaban J connectivity index is 2.20. The molecule has 19 heavy (non-hydrogen) atoms. The van der Waals surface area contributed by atoms with E-state index in [1.54, 1.807) is 25.1 Å². The van der Waals surface area contributed by atoms with E-state index in [0.717, 1.165) is 5.69 Å². The van der Waals surface area contributed by atoms with Crippen LogP contribution in [-0.2, 0) is 9.53 Å².